The van der Waals surface area contributed by atoms with Crippen LogP contribution in [-0.4, -0.2) is 84.5 Å². The van der Waals surface area contributed by atoms with Crippen molar-refractivity contribution in [2.45, 2.75) is 44.4 Å². The van der Waals surface area contributed by atoms with Crippen LogP contribution in [0, 0.1) is 0 Å². The zero-order valence-electron chi connectivity index (χ0n) is 13.0. The molecule has 0 aromatic rings. The Bertz CT molecular complexity index is 420. The first-order valence-electron chi connectivity index (χ1n) is 7.93. The highest BCUT2D eigenvalue weighted by Gasteiger charge is 2.40. The molecule has 0 bridgehead atoms. The van der Waals surface area contributed by atoms with Crippen LogP contribution in [0.15, 0.2) is 0 Å². The monoisotopic (exact) mass is 295 g/mol. The number of carbonyl (C=O) groups is 2. The second kappa shape index (κ2) is 5.93. The van der Waals surface area contributed by atoms with Crippen molar-refractivity contribution >= 4 is 11.8 Å². The number of hydrogen-bond donors (Lipinski definition) is 0. The normalized spacial score (nSPS) is 32.2. The number of nitrogens with zero attached hydrogens (tertiary/aromatic N) is 3. The number of rotatable bonds is 1. The van der Waals surface area contributed by atoms with Gasteiger partial charge in [-0.2, -0.15) is 0 Å². The van der Waals surface area contributed by atoms with Crippen LogP contribution in [0.1, 0.15) is 26.2 Å². The van der Waals surface area contributed by atoms with Crippen LogP contribution in [0.3, 0.4) is 0 Å². The lowest BCUT2D eigenvalue weighted by molar-refractivity contribution is -0.161. The van der Waals surface area contributed by atoms with Crippen LogP contribution in [0.5, 0.6) is 0 Å². The number of likely N-dealkylation sites (tertiary alicyclic amines) is 2. The summed E-state index contributed by atoms with van der Waals surface area (Å²) in [6, 6.07) is 0.720. The molecule has 3 saturated heterocycles. The van der Waals surface area contributed by atoms with E-state index < -0.39 is 0 Å². The Labute approximate surface area is 126 Å². The molecule has 0 saturated carbocycles. The van der Waals surface area contributed by atoms with Gasteiger partial charge >= 0.3 is 0 Å². The predicted molar refractivity (Wildman–Crippen MR) is 77.8 cm³/mol. The minimum Gasteiger partial charge on any atom is -0.366 e. The molecule has 2 amide bonds. The van der Waals surface area contributed by atoms with Gasteiger partial charge in [0, 0.05) is 46.2 Å². The van der Waals surface area contributed by atoms with Gasteiger partial charge in [-0.3, -0.25) is 14.5 Å². The first-order chi connectivity index (χ1) is 10.1. The molecule has 3 aliphatic rings. The van der Waals surface area contributed by atoms with Gasteiger partial charge < -0.3 is 14.5 Å². The lowest BCUT2D eigenvalue weighted by atomic mass is 9.94. The quantitative estimate of drug-likeness (QED) is 0.679. The van der Waals surface area contributed by atoms with Crippen molar-refractivity contribution in [1.82, 2.24) is 14.7 Å². The summed E-state index contributed by atoms with van der Waals surface area (Å²) in [5.74, 6) is 0.266. The van der Waals surface area contributed by atoms with Gasteiger partial charge in [-0.15, -0.1) is 0 Å². The van der Waals surface area contributed by atoms with Crippen molar-refractivity contribution in [2.24, 2.45) is 0 Å². The van der Waals surface area contributed by atoms with Gasteiger partial charge in [0.25, 0.3) is 0 Å². The van der Waals surface area contributed by atoms with Gasteiger partial charge in [0.2, 0.25) is 11.8 Å². The average Bonchev–Trinajstić information content (AvgIpc) is 2.51. The molecule has 2 atom stereocenters. The first kappa shape index (κ1) is 14.8. The van der Waals surface area contributed by atoms with Crippen LogP contribution in [0.2, 0.25) is 0 Å². The molecule has 3 heterocycles. The Morgan fingerprint density at radius 2 is 1.90 bits per heavy atom. The maximum absolute atomic E-state index is 11.8. The Morgan fingerprint density at radius 3 is 2.57 bits per heavy atom. The maximum Gasteiger partial charge on any atom is 0.248 e. The Balaban J connectivity index is 1.58. The lowest BCUT2D eigenvalue weighted by Gasteiger charge is -2.48. The van der Waals surface area contributed by atoms with Gasteiger partial charge in [0.1, 0.15) is 6.61 Å². The molecule has 0 unspecified atom stereocenters. The third kappa shape index (κ3) is 2.92. The molecule has 21 heavy (non-hydrogen) atoms. The fourth-order valence-corrected chi connectivity index (χ4v) is 3.84. The molecule has 118 valence electrons. The largest absolute Gasteiger partial charge is 0.366 e. The summed E-state index contributed by atoms with van der Waals surface area (Å²) >= 11 is 0. The standard InChI is InChI=1S/C15H25N3O3/c1-11(19)17-6-3-12(4-7-17)18-8-5-14-13(9-18)16(2)15(20)10-21-14/h12-14H,3-10H2,1-2H3/t13-,14+/m0/s1. The van der Waals surface area contributed by atoms with Crippen molar-refractivity contribution in [3.8, 4) is 0 Å². The van der Waals surface area contributed by atoms with Gasteiger partial charge in [0.05, 0.1) is 12.1 Å². The number of hydrogen-bond acceptors (Lipinski definition) is 4. The second-order valence-corrected chi connectivity index (χ2v) is 6.44. The minimum absolute atomic E-state index is 0.0875. The molecule has 3 fully saturated rings. The molecule has 3 rings (SSSR count). The summed E-state index contributed by atoms with van der Waals surface area (Å²) in [7, 11) is 1.89. The highest BCUT2D eigenvalue weighted by molar-refractivity contribution is 5.78. The predicted octanol–water partition coefficient (Wildman–Crippen LogP) is -0.0712. The van der Waals surface area contributed by atoms with E-state index in [0.717, 1.165) is 45.4 Å². The molecular weight excluding hydrogens is 270 g/mol. The summed E-state index contributed by atoms with van der Waals surface area (Å²) in [5, 5.41) is 0. The molecule has 3 aliphatic heterocycles. The van der Waals surface area contributed by atoms with E-state index in [1.54, 1.807) is 6.92 Å². The van der Waals surface area contributed by atoms with Crippen molar-refractivity contribution < 1.29 is 14.3 Å². The maximum atomic E-state index is 11.8. The summed E-state index contributed by atoms with van der Waals surface area (Å²) in [5.41, 5.74) is 0. The fraction of sp³-hybridized carbons (Fsp3) is 0.867. The van der Waals surface area contributed by atoms with Crippen molar-refractivity contribution in [1.29, 1.82) is 0 Å². The van der Waals surface area contributed by atoms with Crippen LogP contribution in [-0.2, 0) is 14.3 Å². The van der Waals surface area contributed by atoms with Crippen molar-refractivity contribution in [3.63, 3.8) is 0 Å². The molecule has 0 radical (unpaired) electrons. The third-order valence-electron chi connectivity index (χ3n) is 5.29. The van der Waals surface area contributed by atoms with Crippen LogP contribution < -0.4 is 0 Å². The topological polar surface area (TPSA) is 53.1 Å². The molecule has 0 aromatic heterocycles. The van der Waals surface area contributed by atoms with E-state index in [2.05, 4.69) is 4.90 Å². The third-order valence-corrected chi connectivity index (χ3v) is 5.29. The van der Waals surface area contributed by atoms with Crippen LogP contribution >= 0.6 is 0 Å². The number of amides is 2. The lowest BCUT2D eigenvalue weighted by Crippen LogP contribution is -2.62. The van der Waals surface area contributed by atoms with Crippen LogP contribution in [0.25, 0.3) is 0 Å². The summed E-state index contributed by atoms with van der Waals surface area (Å²) < 4.78 is 5.68. The number of likely N-dealkylation sites (N-methyl/N-ethyl adjacent to an activating group) is 1. The second-order valence-electron chi connectivity index (χ2n) is 6.44. The molecule has 6 heteroatoms. The van der Waals surface area contributed by atoms with Gasteiger partial charge in [-0.05, 0) is 19.3 Å². The Hall–Kier alpha value is -1.14. The van der Waals surface area contributed by atoms with E-state index in [1.165, 1.54) is 0 Å². The zero-order chi connectivity index (χ0) is 15.0. The SMILES string of the molecule is CC(=O)N1CCC(N2CC[C@H]3OCC(=O)N(C)[C@H]3C2)CC1. The molecule has 0 aromatic carbocycles. The fourth-order valence-electron chi connectivity index (χ4n) is 3.84. The van der Waals surface area contributed by atoms with E-state index in [9.17, 15) is 9.59 Å². The van der Waals surface area contributed by atoms with E-state index in [1.807, 2.05) is 16.8 Å². The highest BCUT2D eigenvalue weighted by atomic mass is 16.5. The summed E-state index contributed by atoms with van der Waals surface area (Å²) in [4.78, 5) is 29.5. The van der Waals surface area contributed by atoms with E-state index in [-0.39, 0.29) is 30.6 Å². The molecule has 0 N–H and O–H groups in total. The van der Waals surface area contributed by atoms with Gasteiger partial charge in [-0.25, -0.2) is 0 Å². The molecular formula is C15H25N3O3. The first-order valence-corrected chi connectivity index (χ1v) is 7.93. The molecule has 0 aliphatic carbocycles. The van der Waals surface area contributed by atoms with Crippen molar-refractivity contribution in [3.05, 3.63) is 0 Å². The van der Waals surface area contributed by atoms with Gasteiger partial charge in [-0.1, -0.05) is 0 Å². The number of fused-ring (bicyclic) bond motifs is 1. The van der Waals surface area contributed by atoms with E-state index >= 15 is 0 Å². The average molecular weight is 295 g/mol. The Morgan fingerprint density at radius 1 is 1.19 bits per heavy atom. The van der Waals surface area contributed by atoms with Crippen molar-refractivity contribution in [2.75, 3.05) is 39.8 Å². The minimum atomic E-state index is 0.0875. The van der Waals surface area contributed by atoms with E-state index in [0.29, 0.717) is 6.04 Å². The number of piperidine rings is 2. The smallest absolute Gasteiger partial charge is 0.248 e. The van der Waals surface area contributed by atoms with E-state index in [4.69, 9.17) is 4.74 Å². The van der Waals surface area contributed by atoms with Gasteiger partial charge in [0.15, 0.2) is 0 Å². The molecule has 6 nitrogen and oxygen atoms in total. The summed E-state index contributed by atoms with van der Waals surface area (Å²) in [6.07, 6.45) is 3.27. The molecule has 0 spiro atoms. The number of morpholine rings is 1. The number of ether oxygens (including phenoxy) is 1. The Kier molecular flexibility index (Phi) is 4.17. The highest BCUT2D eigenvalue weighted by Crippen LogP contribution is 2.26. The summed E-state index contributed by atoms with van der Waals surface area (Å²) in [6.45, 7) is 5.53. The number of carbonyl (C=O) groups excluding carboxylic acids is 2. The van der Waals surface area contributed by atoms with Crippen LogP contribution in [0.4, 0.5) is 0 Å². The zero-order valence-corrected chi connectivity index (χ0v) is 13.0.